The van der Waals surface area contributed by atoms with E-state index in [2.05, 4.69) is 17.1 Å². The Labute approximate surface area is 129 Å². The van der Waals surface area contributed by atoms with Gasteiger partial charge in [0.25, 0.3) is 0 Å². The number of amides is 1. The van der Waals surface area contributed by atoms with Crippen molar-refractivity contribution >= 4 is 5.91 Å². The Morgan fingerprint density at radius 2 is 1.86 bits per heavy atom. The summed E-state index contributed by atoms with van der Waals surface area (Å²) in [4.78, 5) is 15.1. The molecule has 2 aliphatic rings. The van der Waals surface area contributed by atoms with Crippen LogP contribution in [-0.4, -0.2) is 50.7 Å². The smallest absolute Gasteiger partial charge is 0.231 e. The van der Waals surface area contributed by atoms with Gasteiger partial charge in [-0.25, -0.2) is 0 Å². The number of hydrogen-bond donors (Lipinski definition) is 1. The van der Waals surface area contributed by atoms with Crippen LogP contribution >= 0.6 is 0 Å². The summed E-state index contributed by atoms with van der Waals surface area (Å²) in [5.74, 6) is 1.18. The van der Waals surface area contributed by atoms with Crippen molar-refractivity contribution in [2.75, 3.05) is 33.9 Å². The quantitative estimate of drug-likeness (QED) is 0.847. The molecule has 0 radical (unpaired) electrons. The third kappa shape index (κ3) is 3.78. The van der Waals surface area contributed by atoms with Crippen LogP contribution in [-0.2, 0) is 9.53 Å². The summed E-state index contributed by atoms with van der Waals surface area (Å²) in [6.07, 6.45) is 7.96. The highest BCUT2D eigenvalue weighted by Gasteiger charge is 2.43. The molecule has 2 rings (SSSR count). The van der Waals surface area contributed by atoms with E-state index in [0.717, 1.165) is 31.8 Å². The van der Waals surface area contributed by atoms with E-state index in [9.17, 15) is 4.79 Å². The third-order valence-electron chi connectivity index (χ3n) is 5.70. The van der Waals surface area contributed by atoms with Crippen LogP contribution in [0, 0.1) is 11.3 Å². The summed E-state index contributed by atoms with van der Waals surface area (Å²) in [6, 6.07) is 0.434. The van der Waals surface area contributed by atoms with Gasteiger partial charge >= 0.3 is 0 Å². The first-order valence-electron chi connectivity index (χ1n) is 8.60. The summed E-state index contributed by atoms with van der Waals surface area (Å²) in [5, 5.41) is 3.36. The molecular weight excluding hydrogens is 264 g/mol. The van der Waals surface area contributed by atoms with E-state index in [1.807, 2.05) is 7.05 Å². The number of ether oxygens (including phenoxy) is 1. The molecule has 21 heavy (non-hydrogen) atoms. The van der Waals surface area contributed by atoms with Gasteiger partial charge in [-0.2, -0.15) is 0 Å². The summed E-state index contributed by atoms with van der Waals surface area (Å²) in [7, 11) is 3.72. The summed E-state index contributed by atoms with van der Waals surface area (Å²) in [6.45, 7) is 4.68. The fourth-order valence-electron chi connectivity index (χ4n) is 4.08. The van der Waals surface area contributed by atoms with Crippen molar-refractivity contribution in [2.24, 2.45) is 11.3 Å². The van der Waals surface area contributed by atoms with Crippen LogP contribution in [0.2, 0.25) is 0 Å². The molecule has 0 aromatic carbocycles. The van der Waals surface area contributed by atoms with Gasteiger partial charge in [-0.05, 0) is 57.5 Å². The number of methoxy groups -OCH3 is 1. The fourth-order valence-corrected chi connectivity index (χ4v) is 4.08. The van der Waals surface area contributed by atoms with Gasteiger partial charge in [0, 0.05) is 20.2 Å². The molecule has 0 bridgehead atoms. The lowest BCUT2D eigenvalue weighted by Gasteiger charge is -2.42. The van der Waals surface area contributed by atoms with Crippen LogP contribution < -0.4 is 5.32 Å². The molecule has 1 aliphatic carbocycles. The zero-order valence-corrected chi connectivity index (χ0v) is 14.0. The molecule has 0 spiro atoms. The maximum absolute atomic E-state index is 13.1. The van der Waals surface area contributed by atoms with Crippen molar-refractivity contribution < 1.29 is 9.53 Å². The maximum Gasteiger partial charge on any atom is 0.231 e. The predicted molar refractivity (Wildman–Crippen MR) is 85.2 cm³/mol. The minimum absolute atomic E-state index is 0.295. The fraction of sp³-hybridized carbons (Fsp3) is 0.941. The number of carbonyl (C=O) groups is 1. The minimum atomic E-state index is -0.295. The second-order valence-corrected chi connectivity index (χ2v) is 6.96. The molecule has 4 nitrogen and oxygen atoms in total. The van der Waals surface area contributed by atoms with E-state index in [1.54, 1.807) is 7.11 Å². The summed E-state index contributed by atoms with van der Waals surface area (Å²) >= 11 is 0. The van der Waals surface area contributed by atoms with Crippen LogP contribution in [0.25, 0.3) is 0 Å². The van der Waals surface area contributed by atoms with Gasteiger partial charge in [0.05, 0.1) is 12.0 Å². The Bertz CT molecular complexity index is 326. The van der Waals surface area contributed by atoms with E-state index in [0.29, 0.717) is 18.6 Å². The summed E-state index contributed by atoms with van der Waals surface area (Å²) < 4.78 is 5.40. The van der Waals surface area contributed by atoms with E-state index >= 15 is 0 Å². The molecule has 0 unspecified atom stereocenters. The average Bonchev–Trinajstić information content (AvgIpc) is 2.54. The molecule has 1 saturated heterocycles. The van der Waals surface area contributed by atoms with Crippen LogP contribution in [0.3, 0.4) is 0 Å². The molecule has 2 fully saturated rings. The van der Waals surface area contributed by atoms with Crippen LogP contribution in [0.4, 0.5) is 0 Å². The number of carbonyl (C=O) groups excluding carboxylic acids is 1. The number of nitrogens with one attached hydrogen (secondary N) is 1. The van der Waals surface area contributed by atoms with E-state index in [1.165, 1.54) is 32.1 Å². The lowest BCUT2D eigenvalue weighted by molar-refractivity contribution is -0.149. The first kappa shape index (κ1) is 16.8. The Morgan fingerprint density at radius 1 is 1.24 bits per heavy atom. The Morgan fingerprint density at radius 3 is 2.38 bits per heavy atom. The molecule has 1 saturated carbocycles. The molecule has 0 aromatic rings. The topological polar surface area (TPSA) is 41.6 Å². The average molecular weight is 296 g/mol. The maximum atomic E-state index is 13.1. The zero-order chi connectivity index (χ0) is 15.3. The molecular formula is C17H32N2O2. The van der Waals surface area contributed by atoms with Crippen LogP contribution in [0.15, 0.2) is 0 Å². The van der Waals surface area contributed by atoms with Gasteiger partial charge in [-0.3, -0.25) is 4.79 Å². The third-order valence-corrected chi connectivity index (χ3v) is 5.70. The molecule has 122 valence electrons. The van der Waals surface area contributed by atoms with Gasteiger partial charge < -0.3 is 15.0 Å². The monoisotopic (exact) mass is 296 g/mol. The van der Waals surface area contributed by atoms with E-state index < -0.39 is 0 Å². The van der Waals surface area contributed by atoms with Gasteiger partial charge in [0.15, 0.2) is 0 Å². The molecule has 1 aliphatic heterocycles. The van der Waals surface area contributed by atoms with Crippen molar-refractivity contribution in [3.05, 3.63) is 0 Å². The minimum Gasteiger partial charge on any atom is -0.384 e. The highest BCUT2D eigenvalue weighted by Crippen LogP contribution is 2.35. The normalized spacial score (nSPS) is 29.1. The number of nitrogens with zero attached hydrogens (tertiary/aromatic N) is 1. The zero-order valence-electron chi connectivity index (χ0n) is 14.0. The van der Waals surface area contributed by atoms with Gasteiger partial charge in [-0.15, -0.1) is 0 Å². The number of piperidine rings is 1. The van der Waals surface area contributed by atoms with Crippen molar-refractivity contribution in [1.29, 1.82) is 0 Å². The second kappa shape index (κ2) is 7.59. The molecule has 1 amide bonds. The van der Waals surface area contributed by atoms with Gasteiger partial charge in [-0.1, -0.05) is 13.3 Å². The van der Waals surface area contributed by atoms with Gasteiger partial charge in [0.1, 0.15) is 0 Å². The first-order valence-corrected chi connectivity index (χ1v) is 8.60. The van der Waals surface area contributed by atoms with Gasteiger partial charge in [0.2, 0.25) is 5.91 Å². The number of hydrogen-bond acceptors (Lipinski definition) is 3. The molecule has 1 N–H and O–H groups in total. The van der Waals surface area contributed by atoms with E-state index in [-0.39, 0.29) is 5.41 Å². The van der Waals surface area contributed by atoms with Crippen molar-refractivity contribution in [3.63, 3.8) is 0 Å². The lowest BCUT2D eigenvalue weighted by atomic mass is 9.77. The predicted octanol–water partition coefficient (Wildman–Crippen LogP) is 2.43. The first-order chi connectivity index (χ1) is 10.1. The molecule has 4 heteroatoms. The summed E-state index contributed by atoms with van der Waals surface area (Å²) in [5.41, 5.74) is -0.295. The van der Waals surface area contributed by atoms with Crippen molar-refractivity contribution in [1.82, 2.24) is 10.2 Å². The van der Waals surface area contributed by atoms with Crippen LogP contribution in [0.1, 0.15) is 51.9 Å². The largest absolute Gasteiger partial charge is 0.384 e. The van der Waals surface area contributed by atoms with Crippen LogP contribution in [0.5, 0.6) is 0 Å². The SMILES string of the molecule is CCC1CCC(N(C)C(=O)C2(COC)CCNCC2)CC1. The Balaban J connectivity index is 1.99. The lowest BCUT2D eigenvalue weighted by Crippen LogP contribution is -2.53. The molecule has 0 aromatic heterocycles. The number of rotatable bonds is 5. The highest BCUT2D eigenvalue weighted by molar-refractivity contribution is 5.83. The molecule has 1 heterocycles. The Kier molecular flexibility index (Phi) is 6.06. The van der Waals surface area contributed by atoms with Crippen molar-refractivity contribution in [3.8, 4) is 0 Å². The standard InChI is InChI=1S/C17H32N2O2/c1-4-14-5-7-15(8-6-14)19(2)16(20)17(13-21-3)9-11-18-12-10-17/h14-15,18H,4-13H2,1-3H3. The second-order valence-electron chi connectivity index (χ2n) is 6.96. The van der Waals surface area contributed by atoms with Crippen molar-refractivity contribution in [2.45, 2.75) is 57.9 Å². The Hall–Kier alpha value is -0.610. The highest BCUT2D eigenvalue weighted by atomic mass is 16.5. The molecule has 0 atom stereocenters. The van der Waals surface area contributed by atoms with E-state index in [4.69, 9.17) is 4.74 Å².